The van der Waals surface area contributed by atoms with Crippen molar-refractivity contribution < 1.29 is 0 Å². The molecule has 0 bridgehead atoms. The zero-order valence-electron chi connectivity index (χ0n) is 11.0. The lowest BCUT2D eigenvalue weighted by molar-refractivity contribution is 0.457. The number of nitrogens with one attached hydrogen (secondary N) is 1. The molecule has 1 fully saturated rings. The summed E-state index contributed by atoms with van der Waals surface area (Å²) in [6.45, 7) is 9.20. The molecule has 0 aliphatic heterocycles. The van der Waals surface area contributed by atoms with Crippen molar-refractivity contribution in [2.45, 2.75) is 33.7 Å². The molecule has 96 valence electrons. The van der Waals surface area contributed by atoms with Crippen molar-refractivity contribution in [1.82, 2.24) is 4.98 Å². The average Bonchev–Trinajstić information content (AvgIpc) is 2.64. The molecule has 18 heavy (non-hydrogen) atoms. The maximum absolute atomic E-state index is 6.00. The summed E-state index contributed by atoms with van der Waals surface area (Å²) in [5.41, 5.74) is 1.66. The van der Waals surface area contributed by atoms with Crippen LogP contribution in [0.5, 0.6) is 0 Å². The zero-order chi connectivity index (χ0) is 13.1. The molecule has 0 spiro atoms. The van der Waals surface area contributed by atoms with Gasteiger partial charge in [-0.2, -0.15) is 0 Å². The minimum Gasteiger partial charge on any atom is -0.358 e. The third-order valence-electron chi connectivity index (χ3n) is 4.64. The largest absolute Gasteiger partial charge is 0.358 e. The Bertz CT molecular complexity index is 601. The highest BCUT2D eigenvalue weighted by Crippen LogP contribution is 2.63. The molecule has 1 saturated carbocycles. The molecule has 0 amide bonds. The van der Waals surface area contributed by atoms with Crippen molar-refractivity contribution in [2.75, 3.05) is 5.32 Å². The predicted octanol–water partition coefficient (Wildman–Crippen LogP) is 4.80. The molecular weight excluding hydrogens is 264 g/mol. The minimum atomic E-state index is 0.322. The average molecular weight is 281 g/mol. The Morgan fingerprint density at radius 2 is 1.89 bits per heavy atom. The number of halogens is 1. The number of hydrogen-bond donors (Lipinski definition) is 1. The van der Waals surface area contributed by atoms with Crippen LogP contribution in [0.4, 0.5) is 5.13 Å². The summed E-state index contributed by atoms with van der Waals surface area (Å²) in [7, 11) is 0. The monoisotopic (exact) mass is 280 g/mol. The lowest BCUT2D eigenvalue weighted by Crippen LogP contribution is -2.09. The zero-order valence-corrected chi connectivity index (χ0v) is 12.6. The fraction of sp³-hybridized carbons (Fsp3) is 0.500. The minimum absolute atomic E-state index is 0.322. The summed E-state index contributed by atoms with van der Waals surface area (Å²) in [5.74, 6) is 0. The van der Waals surface area contributed by atoms with Gasteiger partial charge in [0, 0.05) is 11.1 Å². The molecule has 0 saturated heterocycles. The number of aromatic nitrogens is 1. The SMILES string of the molecule is CC1(C)C(Nc2nc3ccc(Cl)cc3s2)C1(C)C. The van der Waals surface area contributed by atoms with Crippen LogP contribution in [-0.4, -0.2) is 11.0 Å². The Labute approximate surface area is 116 Å². The lowest BCUT2D eigenvalue weighted by atomic mass is 10.0. The first-order chi connectivity index (χ1) is 8.32. The van der Waals surface area contributed by atoms with Gasteiger partial charge in [-0.25, -0.2) is 4.98 Å². The normalized spacial score (nSPS) is 21.2. The van der Waals surface area contributed by atoms with Crippen LogP contribution in [0.1, 0.15) is 27.7 Å². The number of rotatable bonds is 2. The van der Waals surface area contributed by atoms with E-state index >= 15 is 0 Å². The Morgan fingerprint density at radius 3 is 2.50 bits per heavy atom. The van der Waals surface area contributed by atoms with Gasteiger partial charge in [0.15, 0.2) is 5.13 Å². The molecule has 1 aromatic carbocycles. The standard InChI is InChI=1S/C14H17ClN2S/c1-13(2)11(14(13,3)4)17-12-16-9-6-5-8(15)7-10(9)18-12/h5-7,11H,1-4H3,(H,16,17). The van der Waals surface area contributed by atoms with E-state index in [0.717, 1.165) is 20.4 Å². The van der Waals surface area contributed by atoms with Crippen LogP contribution in [0.15, 0.2) is 18.2 Å². The summed E-state index contributed by atoms with van der Waals surface area (Å²) in [4.78, 5) is 4.61. The molecule has 0 radical (unpaired) electrons. The second-order valence-corrected chi connectivity index (χ2v) is 7.62. The highest BCUT2D eigenvalue weighted by atomic mass is 35.5. The number of benzene rings is 1. The molecule has 2 aromatic rings. The lowest BCUT2D eigenvalue weighted by Gasteiger charge is -2.02. The second-order valence-electron chi connectivity index (χ2n) is 6.15. The van der Waals surface area contributed by atoms with Crippen LogP contribution >= 0.6 is 22.9 Å². The van der Waals surface area contributed by atoms with Gasteiger partial charge >= 0.3 is 0 Å². The Kier molecular flexibility index (Phi) is 2.46. The summed E-state index contributed by atoms with van der Waals surface area (Å²) in [6, 6.07) is 6.32. The Morgan fingerprint density at radius 1 is 1.22 bits per heavy atom. The van der Waals surface area contributed by atoms with E-state index in [1.165, 1.54) is 0 Å². The van der Waals surface area contributed by atoms with E-state index < -0.39 is 0 Å². The van der Waals surface area contributed by atoms with Crippen molar-refractivity contribution in [2.24, 2.45) is 10.8 Å². The van der Waals surface area contributed by atoms with Gasteiger partial charge in [-0.05, 0) is 29.0 Å². The fourth-order valence-corrected chi connectivity index (χ4v) is 3.81. The maximum atomic E-state index is 6.00. The molecule has 4 heteroatoms. The van der Waals surface area contributed by atoms with E-state index in [0.29, 0.717) is 16.9 Å². The fourth-order valence-electron chi connectivity index (χ4n) is 2.64. The maximum Gasteiger partial charge on any atom is 0.184 e. The molecule has 1 aromatic heterocycles. The molecule has 0 unspecified atom stereocenters. The van der Waals surface area contributed by atoms with E-state index in [4.69, 9.17) is 11.6 Å². The third-order valence-corrected chi connectivity index (χ3v) is 5.82. The quantitative estimate of drug-likeness (QED) is 0.855. The van der Waals surface area contributed by atoms with Crippen molar-refractivity contribution in [3.63, 3.8) is 0 Å². The molecular formula is C14H17ClN2S. The van der Waals surface area contributed by atoms with Crippen molar-refractivity contribution >= 4 is 38.3 Å². The van der Waals surface area contributed by atoms with Gasteiger partial charge in [0.1, 0.15) is 0 Å². The van der Waals surface area contributed by atoms with Crippen LogP contribution in [-0.2, 0) is 0 Å². The summed E-state index contributed by atoms with van der Waals surface area (Å²) in [6.07, 6.45) is 0. The number of thiazole rings is 1. The first-order valence-corrected chi connectivity index (χ1v) is 7.34. The van der Waals surface area contributed by atoms with Crippen LogP contribution in [0, 0.1) is 10.8 Å². The van der Waals surface area contributed by atoms with Crippen molar-refractivity contribution in [3.8, 4) is 0 Å². The number of hydrogen-bond acceptors (Lipinski definition) is 3. The van der Waals surface area contributed by atoms with E-state index in [9.17, 15) is 0 Å². The van der Waals surface area contributed by atoms with Crippen molar-refractivity contribution in [3.05, 3.63) is 23.2 Å². The van der Waals surface area contributed by atoms with Gasteiger partial charge in [0.05, 0.1) is 10.2 Å². The predicted molar refractivity (Wildman–Crippen MR) is 79.6 cm³/mol. The molecule has 1 heterocycles. The first-order valence-electron chi connectivity index (χ1n) is 6.15. The van der Waals surface area contributed by atoms with Crippen LogP contribution in [0.2, 0.25) is 5.02 Å². The van der Waals surface area contributed by atoms with Gasteiger partial charge < -0.3 is 5.32 Å². The highest BCUT2D eigenvalue weighted by Gasteiger charge is 2.65. The smallest absolute Gasteiger partial charge is 0.184 e. The van der Waals surface area contributed by atoms with E-state index in [2.05, 4.69) is 38.0 Å². The topological polar surface area (TPSA) is 24.9 Å². The first kappa shape index (κ1) is 12.2. The Hall–Kier alpha value is -0.800. The third kappa shape index (κ3) is 1.64. The van der Waals surface area contributed by atoms with Gasteiger partial charge in [0.25, 0.3) is 0 Å². The van der Waals surface area contributed by atoms with Crippen molar-refractivity contribution in [1.29, 1.82) is 0 Å². The number of anilines is 1. The van der Waals surface area contributed by atoms with Crippen LogP contribution in [0.25, 0.3) is 10.2 Å². The van der Waals surface area contributed by atoms with Gasteiger partial charge in [-0.1, -0.05) is 50.6 Å². The van der Waals surface area contributed by atoms with Crippen LogP contribution in [0.3, 0.4) is 0 Å². The Balaban J connectivity index is 1.89. The molecule has 2 nitrogen and oxygen atoms in total. The van der Waals surface area contributed by atoms with E-state index in [1.807, 2.05) is 18.2 Å². The van der Waals surface area contributed by atoms with Gasteiger partial charge in [-0.3, -0.25) is 0 Å². The second kappa shape index (κ2) is 3.61. The van der Waals surface area contributed by atoms with Gasteiger partial charge in [0.2, 0.25) is 0 Å². The number of fused-ring (bicyclic) bond motifs is 1. The summed E-state index contributed by atoms with van der Waals surface area (Å²) >= 11 is 7.67. The molecule has 3 rings (SSSR count). The van der Waals surface area contributed by atoms with E-state index in [-0.39, 0.29) is 0 Å². The summed E-state index contributed by atoms with van der Waals surface area (Å²) < 4.78 is 1.14. The molecule has 0 atom stereocenters. The molecule has 1 aliphatic rings. The molecule has 1 aliphatic carbocycles. The van der Waals surface area contributed by atoms with Crippen LogP contribution < -0.4 is 5.32 Å². The highest BCUT2D eigenvalue weighted by molar-refractivity contribution is 7.22. The summed E-state index contributed by atoms with van der Waals surface area (Å²) in [5, 5.41) is 5.33. The van der Waals surface area contributed by atoms with Gasteiger partial charge in [-0.15, -0.1) is 0 Å². The molecule has 1 N–H and O–H groups in total. The number of nitrogens with zero attached hydrogens (tertiary/aromatic N) is 1. The van der Waals surface area contributed by atoms with E-state index in [1.54, 1.807) is 11.3 Å².